The van der Waals surface area contributed by atoms with Crippen LogP contribution in [0.3, 0.4) is 0 Å². The molecule has 1 atom stereocenters. The van der Waals surface area contributed by atoms with E-state index in [2.05, 4.69) is 5.32 Å². The van der Waals surface area contributed by atoms with Gasteiger partial charge in [-0.3, -0.25) is 13.9 Å². The predicted octanol–water partition coefficient (Wildman–Crippen LogP) is 5.37. The van der Waals surface area contributed by atoms with E-state index in [4.69, 9.17) is 0 Å². The van der Waals surface area contributed by atoms with E-state index in [1.807, 2.05) is 0 Å². The molecule has 41 heavy (non-hydrogen) atoms. The van der Waals surface area contributed by atoms with Crippen LogP contribution in [0.2, 0.25) is 0 Å². The van der Waals surface area contributed by atoms with E-state index in [0.717, 1.165) is 23.1 Å². The van der Waals surface area contributed by atoms with Crippen molar-refractivity contribution < 1.29 is 35.6 Å². The molecule has 2 amide bonds. The molecule has 0 radical (unpaired) electrons. The summed E-state index contributed by atoms with van der Waals surface area (Å²) in [5, 5.41) is 2.74. The van der Waals surface area contributed by atoms with E-state index in [1.165, 1.54) is 55.5 Å². The Labute approximate surface area is 236 Å². The fourth-order valence-corrected chi connectivity index (χ4v) is 5.38. The van der Waals surface area contributed by atoms with Crippen molar-refractivity contribution in [1.29, 1.82) is 0 Å². The second-order valence-electron chi connectivity index (χ2n) is 10.4. The molecule has 3 aromatic carbocycles. The van der Waals surface area contributed by atoms with Crippen LogP contribution < -0.4 is 9.62 Å². The van der Waals surface area contributed by atoms with Crippen LogP contribution in [0.4, 0.5) is 23.2 Å². The van der Waals surface area contributed by atoms with Gasteiger partial charge in [-0.15, -0.1) is 0 Å². The summed E-state index contributed by atoms with van der Waals surface area (Å²) in [6, 6.07) is 14.9. The number of nitrogens with zero attached hydrogens (tertiary/aromatic N) is 2. The van der Waals surface area contributed by atoms with Gasteiger partial charge < -0.3 is 10.2 Å². The lowest BCUT2D eigenvalue weighted by Crippen LogP contribution is -2.54. The molecule has 0 aliphatic carbocycles. The van der Waals surface area contributed by atoms with Gasteiger partial charge in [-0.25, -0.2) is 12.8 Å². The summed E-state index contributed by atoms with van der Waals surface area (Å²) in [5.41, 5.74) is -2.14. The first-order valence-corrected chi connectivity index (χ1v) is 14.0. The molecule has 0 aliphatic rings. The fourth-order valence-electron chi connectivity index (χ4n) is 3.95. The second-order valence-corrected chi connectivity index (χ2v) is 12.3. The molecule has 0 fully saturated rings. The molecule has 0 saturated heterocycles. The number of anilines is 1. The van der Waals surface area contributed by atoms with Gasteiger partial charge in [0.2, 0.25) is 11.8 Å². The zero-order valence-corrected chi connectivity index (χ0v) is 23.8. The third-order valence-electron chi connectivity index (χ3n) is 6.04. The minimum Gasteiger partial charge on any atom is -0.350 e. The van der Waals surface area contributed by atoms with Crippen LogP contribution >= 0.6 is 0 Å². The number of nitrogens with one attached hydrogen (secondary N) is 1. The van der Waals surface area contributed by atoms with Crippen LogP contribution in [0, 0.1) is 5.82 Å². The number of rotatable bonds is 9. The molecule has 0 heterocycles. The van der Waals surface area contributed by atoms with Crippen molar-refractivity contribution in [3.63, 3.8) is 0 Å². The van der Waals surface area contributed by atoms with E-state index in [-0.39, 0.29) is 10.5 Å². The highest BCUT2D eigenvalue weighted by molar-refractivity contribution is 7.92. The van der Waals surface area contributed by atoms with Crippen LogP contribution in [0.5, 0.6) is 0 Å². The lowest BCUT2D eigenvalue weighted by atomic mass is 10.1. The van der Waals surface area contributed by atoms with Crippen molar-refractivity contribution in [1.82, 2.24) is 10.2 Å². The summed E-state index contributed by atoms with van der Waals surface area (Å²) in [6.07, 6.45) is -4.78. The maximum absolute atomic E-state index is 14.6. The van der Waals surface area contributed by atoms with E-state index in [1.54, 1.807) is 26.8 Å². The number of hydrogen-bond donors (Lipinski definition) is 1. The molecule has 220 valence electrons. The predicted molar refractivity (Wildman–Crippen MR) is 147 cm³/mol. The Bertz CT molecular complexity index is 1490. The average molecular weight is 594 g/mol. The van der Waals surface area contributed by atoms with Gasteiger partial charge in [0.25, 0.3) is 10.0 Å². The number of benzene rings is 3. The van der Waals surface area contributed by atoms with Gasteiger partial charge in [0, 0.05) is 17.6 Å². The standard InChI is InChI=1S/C29H31F4N3O4S/c1-20(27(38)34-28(2,3)4)35(18-21-11-8-9-16-25(21)30)26(37)19-36(41(39,40)24-14-6-5-7-15-24)23-13-10-12-22(17-23)29(31,32)33/h5-17,20H,18-19H2,1-4H3,(H,34,38)/t20-/m1/s1. The summed E-state index contributed by atoms with van der Waals surface area (Å²) in [4.78, 5) is 27.6. The highest BCUT2D eigenvalue weighted by Crippen LogP contribution is 2.33. The number of hydrogen-bond acceptors (Lipinski definition) is 4. The molecule has 0 aliphatic heterocycles. The smallest absolute Gasteiger partial charge is 0.350 e. The van der Waals surface area contributed by atoms with Crippen molar-refractivity contribution in [2.75, 3.05) is 10.8 Å². The molecule has 3 aromatic rings. The number of halogens is 4. The third kappa shape index (κ3) is 8.06. The number of carbonyl (C=O) groups excluding carboxylic acids is 2. The summed E-state index contributed by atoms with van der Waals surface area (Å²) in [5.74, 6) is -2.17. The highest BCUT2D eigenvalue weighted by atomic mass is 32.2. The Kier molecular flexibility index (Phi) is 9.47. The maximum atomic E-state index is 14.6. The number of sulfonamides is 1. The van der Waals surface area contributed by atoms with Gasteiger partial charge in [0.1, 0.15) is 18.4 Å². The Morgan fingerprint density at radius 2 is 1.51 bits per heavy atom. The van der Waals surface area contributed by atoms with Crippen LogP contribution in [-0.2, 0) is 32.3 Å². The SMILES string of the molecule is C[C@H](C(=O)NC(C)(C)C)N(Cc1ccccc1F)C(=O)CN(c1cccc(C(F)(F)F)c1)S(=O)(=O)c1ccccc1. The fraction of sp³-hybridized carbons (Fsp3) is 0.310. The summed E-state index contributed by atoms with van der Waals surface area (Å²) >= 11 is 0. The minimum absolute atomic E-state index is 0.0628. The van der Waals surface area contributed by atoms with E-state index < -0.39 is 69.8 Å². The van der Waals surface area contributed by atoms with Gasteiger partial charge in [-0.05, 0) is 64.1 Å². The molecule has 1 N–H and O–H groups in total. The van der Waals surface area contributed by atoms with Crippen molar-refractivity contribution >= 4 is 27.5 Å². The molecule has 0 saturated carbocycles. The number of amides is 2. The Morgan fingerprint density at radius 3 is 2.10 bits per heavy atom. The molecule has 0 unspecified atom stereocenters. The van der Waals surface area contributed by atoms with E-state index >= 15 is 0 Å². The molecule has 0 bridgehead atoms. The number of carbonyl (C=O) groups is 2. The van der Waals surface area contributed by atoms with Crippen LogP contribution in [0.15, 0.2) is 83.8 Å². The van der Waals surface area contributed by atoms with Crippen LogP contribution in [0.1, 0.15) is 38.8 Å². The van der Waals surface area contributed by atoms with Crippen LogP contribution in [0.25, 0.3) is 0 Å². The molecular formula is C29H31F4N3O4S. The average Bonchev–Trinajstić information content (AvgIpc) is 2.89. The largest absolute Gasteiger partial charge is 0.416 e. The van der Waals surface area contributed by atoms with Gasteiger partial charge >= 0.3 is 6.18 Å². The highest BCUT2D eigenvalue weighted by Gasteiger charge is 2.36. The molecule has 0 aromatic heterocycles. The molecular weight excluding hydrogens is 562 g/mol. The maximum Gasteiger partial charge on any atom is 0.416 e. The lowest BCUT2D eigenvalue weighted by molar-refractivity contribution is -0.140. The molecule has 0 spiro atoms. The first-order valence-electron chi connectivity index (χ1n) is 12.6. The zero-order valence-electron chi connectivity index (χ0n) is 22.9. The molecule has 12 heteroatoms. The Balaban J connectivity index is 2.10. The van der Waals surface area contributed by atoms with Gasteiger partial charge in [0.15, 0.2) is 0 Å². The third-order valence-corrected chi connectivity index (χ3v) is 7.82. The van der Waals surface area contributed by atoms with Crippen molar-refractivity contribution in [3.05, 3.63) is 95.8 Å². The quantitative estimate of drug-likeness (QED) is 0.338. The number of alkyl halides is 3. The topological polar surface area (TPSA) is 86.8 Å². The van der Waals surface area contributed by atoms with E-state index in [0.29, 0.717) is 10.4 Å². The second kappa shape index (κ2) is 12.3. The van der Waals surface area contributed by atoms with Gasteiger partial charge in [-0.1, -0.05) is 42.5 Å². The van der Waals surface area contributed by atoms with Gasteiger partial charge in [0.05, 0.1) is 16.1 Å². The van der Waals surface area contributed by atoms with Crippen molar-refractivity contribution in [3.8, 4) is 0 Å². The normalized spacial score (nSPS) is 12.9. The van der Waals surface area contributed by atoms with E-state index in [9.17, 15) is 35.6 Å². The molecule has 7 nitrogen and oxygen atoms in total. The lowest BCUT2D eigenvalue weighted by Gasteiger charge is -2.33. The van der Waals surface area contributed by atoms with Crippen molar-refractivity contribution in [2.24, 2.45) is 0 Å². The summed E-state index contributed by atoms with van der Waals surface area (Å²) in [6.45, 7) is 5.22. The van der Waals surface area contributed by atoms with Gasteiger partial charge in [-0.2, -0.15) is 13.2 Å². The first kappa shape index (κ1) is 31.6. The summed E-state index contributed by atoms with van der Waals surface area (Å²) in [7, 11) is -4.56. The molecule has 3 rings (SSSR count). The Hall–Kier alpha value is -3.93. The minimum atomic E-state index is -4.78. The van der Waals surface area contributed by atoms with Crippen molar-refractivity contribution in [2.45, 2.75) is 56.9 Å². The van der Waals surface area contributed by atoms with Crippen LogP contribution in [-0.4, -0.2) is 43.3 Å². The zero-order chi connectivity index (χ0) is 30.6. The first-order chi connectivity index (χ1) is 19.0. The summed E-state index contributed by atoms with van der Waals surface area (Å²) < 4.78 is 83.1. The Morgan fingerprint density at radius 1 is 0.902 bits per heavy atom. The monoisotopic (exact) mass is 593 g/mol.